The molecule has 0 amide bonds. The minimum atomic E-state index is -0.487. The standard InChI is InChI=1S/C21H20N2O3/c1-3-26-21(25)19-13-18(16-7-5-4-6-8-16)22-23(19)14-20(24)17-11-9-15(2)10-12-17/h4-13H,3,14H2,1-2H3. The van der Waals surface area contributed by atoms with E-state index in [9.17, 15) is 9.59 Å². The molecule has 1 heterocycles. The van der Waals surface area contributed by atoms with Crippen molar-refractivity contribution in [3.05, 3.63) is 77.5 Å². The largest absolute Gasteiger partial charge is 0.461 e. The second-order valence-electron chi connectivity index (χ2n) is 5.95. The average molecular weight is 348 g/mol. The summed E-state index contributed by atoms with van der Waals surface area (Å²) in [6.07, 6.45) is 0. The molecule has 0 radical (unpaired) electrons. The molecule has 5 heteroatoms. The third-order valence-electron chi connectivity index (χ3n) is 4.00. The number of hydrogen-bond acceptors (Lipinski definition) is 4. The quantitative estimate of drug-likeness (QED) is 0.500. The number of carbonyl (C=O) groups excluding carboxylic acids is 2. The molecule has 0 fully saturated rings. The third kappa shape index (κ3) is 3.88. The minimum Gasteiger partial charge on any atom is -0.461 e. The Hall–Kier alpha value is -3.21. The van der Waals surface area contributed by atoms with Gasteiger partial charge in [0.1, 0.15) is 12.2 Å². The molecule has 0 atom stereocenters. The molecule has 0 spiro atoms. The van der Waals surface area contributed by atoms with Crippen LogP contribution in [0.1, 0.15) is 33.3 Å². The van der Waals surface area contributed by atoms with Gasteiger partial charge in [-0.1, -0.05) is 60.2 Å². The Labute approximate surface area is 152 Å². The van der Waals surface area contributed by atoms with Crippen molar-refractivity contribution in [1.82, 2.24) is 9.78 Å². The van der Waals surface area contributed by atoms with E-state index in [1.54, 1.807) is 25.1 Å². The monoisotopic (exact) mass is 348 g/mol. The van der Waals surface area contributed by atoms with E-state index in [0.717, 1.165) is 11.1 Å². The summed E-state index contributed by atoms with van der Waals surface area (Å²) in [6.45, 7) is 3.95. The van der Waals surface area contributed by atoms with Gasteiger partial charge in [0.15, 0.2) is 5.78 Å². The highest BCUT2D eigenvalue weighted by molar-refractivity contribution is 5.97. The smallest absolute Gasteiger partial charge is 0.356 e. The number of benzene rings is 2. The van der Waals surface area contributed by atoms with Crippen LogP contribution in [-0.4, -0.2) is 28.1 Å². The molecule has 2 aromatic carbocycles. The normalized spacial score (nSPS) is 10.5. The fourth-order valence-corrected chi connectivity index (χ4v) is 2.62. The Morgan fingerprint density at radius 3 is 2.38 bits per heavy atom. The second-order valence-corrected chi connectivity index (χ2v) is 5.95. The van der Waals surface area contributed by atoms with Crippen molar-refractivity contribution in [3.63, 3.8) is 0 Å². The van der Waals surface area contributed by atoms with Gasteiger partial charge in [-0.25, -0.2) is 9.48 Å². The van der Waals surface area contributed by atoms with Crippen LogP contribution in [0, 0.1) is 6.92 Å². The molecule has 3 rings (SSSR count). The Balaban J connectivity index is 1.93. The Kier molecular flexibility index (Phi) is 5.27. The fourth-order valence-electron chi connectivity index (χ4n) is 2.62. The van der Waals surface area contributed by atoms with Crippen LogP contribution in [0.2, 0.25) is 0 Å². The molecule has 0 saturated heterocycles. The van der Waals surface area contributed by atoms with E-state index in [2.05, 4.69) is 5.10 Å². The van der Waals surface area contributed by atoms with Crippen LogP contribution in [0.25, 0.3) is 11.3 Å². The molecule has 0 saturated carbocycles. The van der Waals surface area contributed by atoms with Crippen LogP contribution in [0.3, 0.4) is 0 Å². The maximum absolute atomic E-state index is 12.6. The summed E-state index contributed by atoms with van der Waals surface area (Å²) in [5.74, 6) is -0.600. The number of aromatic nitrogens is 2. The first kappa shape index (κ1) is 17.6. The lowest BCUT2D eigenvalue weighted by Gasteiger charge is -2.06. The molecule has 132 valence electrons. The van der Waals surface area contributed by atoms with Gasteiger partial charge in [0, 0.05) is 11.1 Å². The number of aryl methyl sites for hydroxylation is 1. The van der Waals surface area contributed by atoms with Crippen molar-refractivity contribution in [2.45, 2.75) is 20.4 Å². The average Bonchev–Trinajstić information content (AvgIpc) is 3.07. The molecule has 0 aliphatic heterocycles. The van der Waals surface area contributed by atoms with Crippen molar-refractivity contribution < 1.29 is 14.3 Å². The highest BCUT2D eigenvalue weighted by Gasteiger charge is 2.19. The number of rotatable bonds is 6. The molecular formula is C21H20N2O3. The van der Waals surface area contributed by atoms with Gasteiger partial charge in [-0.05, 0) is 19.9 Å². The number of esters is 1. The van der Waals surface area contributed by atoms with Gasteiger partial charge in [-0.2, -0.15) is 5.10 Å². The molecular weight excluding hydrogens is 328 g/mol. The summed E-state index contributed by atoms with van der Waals surface area (Å²) in [4.78, 5) is 24.9. The predicted octanol–water partition coefficient (Wildman–Crippen LogP) is 3.92. The highest BCUT2D eigenvalue weighted by Crippen LogP contribution is 2.20. The first-order chi connectivity index (χ1) is 12.6. The summed E-state index contributed by atoms with van der Waals surface area (Å²) >= 11 is 0. The number of ether oxygens (including phenoxy) is 1. The van der Waals surface area contributed by atoms with Crippen molar-refractivity contribution in [1.29, 1.82) is 0 Å². The number of ketones is 1. The molecule has 0 unspecified atom stereocenters. The summed E-state index contributed by atoms with van der Waals surface area (Å²) in [7, 11) is 0. The first-order valence-corrected chi connectivity index (χ1v) is 8.48. The topological polar surface area (TPSA) is 61.2 Å². The number of Topliss-reactive ketones (excluding diaryl/α,β-unsaturated/α-hetero) is 1. The lowest BCUT2D eigenvalue weighted by molar-refractivity contribution is 0.0512. The lowest BCUT2D eigenvalue weighted by Crippen LogP contribution is -2.18. The Bertz CT molecular complexity index is 912. The van der Waals surface area contributed by atoms with Gasteiger partial charge in [-0.3, -0.25) is 4.79 Å². The van der Waals surface area contributed by atoms with Crippen molar-refractivity contribution >= 4 is 11.8 Å². The second kappa shape index (κ2) is 7.78. The molecule has 0 N–H and O–H groups in total. The van der Waals surface area contributed by atoms with Crippen LogP contribution < -0.4 is 0 Å². The summed E-state index contributed by atoms with van der Waals surface area (Å²) in [6, 6.07) is 18.5. The van der Waals surface area contributed by atoms with E-state index < -0.39 is 5.97 Å². The van der Waals surface area contributed by atoms with Crippen LogP contribution >= 0.6 is 0 Å². The van der Waals surface area contributed by atoms with Gasteiger partial charge in [0.05, 0.1) is 12.3 Å². The first-order valence-electron chi connectivity index (χ1n) is 8.48. The van der Waals surface area contributed by atoms with Crippen LogP contribution in [0.4, 0.5) is 0 Å². The highest BCUT2D eigenvalue weighted by atomic mass is 16.5. The van der Waals surface area contributed by atoms with Gasteiger partial charge in [0.2, 0.25) is 0 Å². The minimum absolute atomic E-state index is 0.0238. The molecule has 0 bridgehead atoms. The summed E-state index contributed by atoms with van der Waals surface area (Å²) in [5.41, 5.74) is 3.44. The molecule has 5 nitrogen and oxygen atoms in total. The number of nitrogens with zero attached hydrogens (tertiary/aromatic N) is 2. The van der Waals surface area contributed by atoms with Gasteiger partial charge in [-0.15, -0.1) is 0 Å². The molecule has 0 aliphatic rings. The van der Waals surface area contributed by atoms with Gasteiger partial charge in [0.25, 0.3) is 0 Å². The maximum atomic E-state index is 12.6. The zero-order chi connectivity index (χ0) is 18.5. The van der Waals surface area contributed by atoms with Gasteiger partial charge >= 0.3 is 5.97 Å². The van der Waals surface area contributed by atoms with Crippen LogP contribution in [-0.2, 0) is 11.3 Å². The molecule has 26 heavy (non-hydrogen) atoms. The van der Waals surface area contributed by atoms with Crippen LogP contribution in [0.5, 0.6) is 0 Å². The Morgan fingerprint density at radius 2 is 1.73 bits per heavy atom. The van der Waals surface area contributed by atoms with E-state index in [-0.39, 0.29) is 24.6 Å². The third-order valence-corrected chi connectivity index (χ3v) is 4.00. The number of carbonyl (C=O) groups is 2. The fraction of sp³-hybridized carbons (Fsp3) is 0.190. The van der Waals surface area contributed by atoms with Gasteiger partial charge < -0.3 is 4.74 Å². The SMILES string of the molecule is CCOC(=O)c1cc(-c2ccccc2)nn1CC(=O)c1ccc(C)cc1. The summed E-state index contributed by atoms with van der Waals surface area (Å²) in [5, 5.41) is 4.46. The molecule has 1 aromatic heterocycles. The molecule has 3 aromatic rings. The van der Waals surface area contributed by atoms with E-state index in [4.69, 9.17) is 4.74 Å². The van der Waals surface area contributed by atoms with E-state index in [1.165, 1.54) is 4.68 Å². The predicted molar refractivity (Wildman–Crippen MR) is 99.1 cm³/mol. The van der Waals surface area contributed by atoms with E-state index in [1.807, 2.05) is 49.4 Å². The Morgan fingerprint density at radius 1 is 1.04 bits per heavy atom. The lowest BCUT2D eigenvalue weighted by atomic mass is 10.1. The molecule has 0 aliphatic carbocycles. The zero-order valence-electron chi connectivity index (χ0n) is 14.8. The van der Waals surface area contributed by atoms with Crippen molar-refractivity contribution in [2.75, 3.05) is 6.61 Å². The zero-order valence-corrected chi connectivity index (χ0v) is 14.8. The van der Waals surface area contributed by atoms with E-state index >= 15 is 0 Å². The van der Waals surface area contributed by atoms with Crippen molar-refractivity contribution in [2.24, 2.45) is 0 Å². The van der Waals surface area contributed by atoms with E-state index in [0.29, 0.717) is 11.3 Å². The number of hydrogen-bond donors (Lipinski definition) is 0. The summed E-state index contributed by atoms with van der Waals surface area (Å²) < 4.78 is 6.53. The van der Waals surface area contributed by atoms with Crippen molar-refractivity contribution in [3.8, 4) is 11.3 Å². The van der Waals surface area contributed by atoms with Crippen LogP contribution in [0.15, 0.2) is 60.7 Å². The maximum Gasteiger partial charge on any atom is 0.356 e.